The van der Waals surface area contributed by atoms with Gasteiger partial charge in [0, 0.05) is 50.9 Å². The third-order valence-corrected chi connectivity index (χ3v) is 6.07. The Morgan fingerprint density at radius 1 is 1.33 bits per heavy atom. The van der Waals surface area contributed by atoms with Crippen molar-refractivity contribution in [1.82, 2.24) is 19.8 Å². The first kappa shape index (κ1) is 19.9. The maximum Gasteiger partial charge on any atom is 0.251 e. The van der Waals surface area contributed by atoms with E-state index in [9.17, 15) is 14.7 Å². The highest BCUT2D eigenvalue weighted by molar-refractivity contribution is 5.81. The summed E-state index contributed by atoms with van der Waals surface area (Å²) in [7, 11) is 0. The van der Waals surface area contributed by atoms with Crippen LogP contribution in [-0.2, 0) is 16.0 Å². The third-order valence-electron chi connectivity index (χ3n) is 6.07. The number of nitrogens with zero attached hydrogens (tertiary/aromatic N) is 3. The summed E-state index contributed by atoms with van der Waals surface area (Å²) in [5.41, 5.74) is 1.16. The first-order chi connectivity index (χ1) is 12.9. The number of likely N-dealkylation sites (tertiary alicyclic amines) is 2. The summed E-state index contributed by atoms with van der Waals surface area (Å²) >= 11 is 0. The molecule has 2 aliphatic rings. The molecule has 27 heavy (non-hydrogen) atoms. The highest BCUT2D eigenvalue weighted by Gasteiger charge is 2.42. The van der Waals surface area contributed by atoms with Gasteiger partial charge in [-0.25, -0.2) is 4.98 Å². The Morgan fingerprint density at radius 3 is 2.70 bits per heavy atom. The van der Waals surface area contributed by atoms with Gasteiger partial charge in [0.1, 0.15) is 6.10 Å². The van der Waals surface area contributed by atoms with E-state index in [0.29, 0.717) is 38.4 Å². The van der Waals surface area contributed by atoms with Crippen molar-refractivity contribution < 1.29 is 14.7 Å². The second-order valence-corrected chi connectivity index (χ2v) is 8.61. The van der Waals surface area contributed by atoms with Crippen LogP contribution in [0, 0.1) is 11.3 Å². The minimum atomic E-state index is -0.891. The molecule has 0 unspecified atom stereocenters. The number of aromatic amines is 1. The SMILES string of the molecule is CC(C)C[C@@H](O)C(=O)N1CCC2(CCC(=O)N(CCc3cnc[nH]3)C2)CC1. The number of piperidine rings is 2. The molecular formula is C20H32N4O3. The van der Waals surface area contributed by atoms with Crippen LogP contribution in [0.15, 0.2) is 12.5 Å². The predicted octanol–water partition coefficient (Wildman–Crippen LogP) is 1.59. The van der Waals surface area contributed by atoms with Crippen LogP contribution < -0.4 is 0 Å². The quantitative estimate of drug-likeness (QED) is 0.789. The number of H-pyrrole nitrogens is 1. The molecule has 2 aliphatic heterocycles. The van der Waals surface area contributed by atoms with Gasteiger partial charge >= 0.3 is 0 Å². The smallest absolute Gasteiger partial charge is 0.251 e. The lowest BCUT2D eigenvalue weighted by atomic mass is 9.72. The fourth-order valence-corrected chi connectivity index (χ4v) is 4.35. The van der Waals surface area contributed by atoms with Gasteiger partial charge in [-0.3, -0.25) is 9.59 Å². The largest absolute Gasteiger partial charge is 0.383 e. The average Bonchev–Trinajstić information content (AvgIpc) is 3.16. The molecule has 150 valence electrons. The first-order valence-electron chi connectivity index (χ1n) is 10.1. The molecule has 3 rings (SSSR count). The number of amides is 2. The molecule has 1 aromatic heterocycles. The normalized spacial score (nSPS) is 21.1. The second kappa shape index (κ2) is 8.42. The van der Waals surface area contributed by atoms with Gasteiger partial charge < -0.3 is 19.9 Å². The van der Waals surface area contributed by atoms with Crippen molar-refractivity contribution in [1.29, 1.82) is 0 Å². The minimum Gasteiger partial charge on any atom is -0.383 e. The molecule has 2 saturated heterocycles. The van der Waals surface area contributed by atoms with Crippen molar-refractivity contribution in [3.8, 4) is 0 Å². The van der Waals surface area contributed by atoms with Gasteiger partial charge in [0.2, 0.25) is 5.91 Å². The zero-order valence-corrected chi connectivity index (χ0v) is 16.5. The fraction of sp³-hybridized carbons (Fsp3) is 0.750. The molecule has 0 saturated carbocycles. The number of nitrogens with one attached hydrogen (secondary N) is 1. The molecule has 7 nitrogen and oxygen atoms in total. The van der Waals surface area contributed by atoms with Crippen LogP contribution in [0.2, 0.25) is 0 Å². The molecule has 2 fully saturated rings. The van der Waals surface area contributed by atoms with E-state index >= 15 is 0 Å². The van der Waals surface area contributed by atoms with Crippen LogP contribution >= 0.6 is 0 Å². The van der Waals surface area contributed by atoms with Crippen molar-refractivity contribution in [3.05, 3.63) is 18.2 Å². The summed E-state index contributed by atoms with van der Waals surface area (Å²) < 4.78 is 0. The first-order valence-corrected chi connectivity index (χ1v) is 10.1. The Labute approximate surface area is 161 Å². The zero-order chi connectivity index (χ0) is 19.4. The Morgan fingerprint density at radius 2 is 2.07 bits per heavy atom. The van der Waals surface area contributed by atoms with Crippen molar-refractivity contribution in [3.63, 3.8) is 0 Å². The molecule has 7 heteroatoms. The molecule has 1 aromatic rings. The van der Waals surface area contributed by atoms with E-state index in [2.05, 4.69) is 9.97 Å². The number of hydrogen-bond acceptors (Lipinski definition) is 4. The lowest BCUT2D eigenvalue weighted by molar-refractivity contribution is -0.147. The van der Waals surface area contributed by atoms with Crippen LogP contribution in [0.25, 0.3) is 0 Å². The molecule has 0 radical (unpaired) electrons. The van der Waals surface area contributed by atoms with Crippen LogP contribution in [0.4, 0.5) is 0 Å². The van der Waals surface area contributed by atoms with Crippen LogP contribution in [0.5, 0.6) is 0 Å². The maximum absolute atomic E-state index is 12.5. The molecule has 1 atom stereocenters. The molecule has 2 amide bonds. The number of aliphatic hydroxyl groups excluding tert-OH is 1. The van der Waals surface area contributed by atoms with E-state index in [1.165, 1.54) is 0 Å². The minimum absolute atomic E-state index is 0.113. The van der Waals surface area contributed by atoms with Gasteiger partial charge in [-0.15, -0.1) is 0 Å². The summed E-state index contributed by atoms with van der Waals surface area (Å²) in [6.45, 7) is 6.86. The van der Waals surface area contributed by atoms with E-state index in [1.807, 2.05) is 23.6 Å². The summed E-state index contributed by atoms with van der Waals surface area (Å²) in [5.74, 6) is 0.389. The Bertz CT molecular complexity index is 636. The van der Waals surface area contributed by atoms with Crippen LogP contribution in [-0.4, -0.2) is 69.0 Å². The molecule has 0 aliphatic carbocycles. The van der Waals surface area contributed by atoms with E-state index in [-0.39, 0.29) is 17.2 Å². The summed E-state index contributed by atoms with van der Waals surface area (Å²) in [5, 5.41) is 10.1. The summed E-state index contributed by atoms with van der Waals surface area (Å²) in [4.78, 5) is 35.7. The highest BCUT2D eigenvalue weighted by Crippen LogP contribution is 2.40. The van der Waals surface area contributed by atoms with Crippen molar-refractivity contribution >= 4 is 11.8 Å². The van der Waals surface area contributed by atoms with E-state index in [4.69, 9.17) is 0 Å². The van der Waals surface area contributed by atoms with Gasteiger partial charge in [-0.1, -0.05) is 13.8 Å². The van der Waals surface area contributed by atoms with Crippen molar-refractivity contribution in [2.24, 2.45) is 11.3 Å². The monoisotopic (exact) mass is 376 g/mol. The maximum atomic E-state index is 12.5. The molecular weight excluding hydrogens is 344 g/mol. The molecule has 0 bridgehead atoms. The third kappa shape index (κ3) is 4.89. The number of carbonyl (C=O) groups is 2. The number of aliphatic hydroxyl groups is 1. The number of imidazole rings is 1. The van der Waals surface area contributed by atoms with E-state index in [1.54, 1.807) is 12.5 Å². The fourth-order valence-electron chi connectivity index (χ4n) is 4.35. The summed E-state index contributed by atoms with van der Waals surface area (Å²) in [6.07, 6.45) is 7.17. The number of aromatic nitrogens is 2. The van der Waals surface area contributed by atoms with Gasteiger partial charge in [-0.2, -0.15) is 0 Å². The Kier molecular flexibility index (Phi) is 6.19. The molecule has 2 N–H and O–H groups in total. The van der Waals surface area contributed by atoms with Gasteiger partial charge in [0.15, 0.2) is 0 Å². The van der Waals surface area contributed by atoms with Crippen LogP contribution in [0.3, 0.4) is 0 Å². The van der Waals surface area contributed by atoms with Crippen molar-refractivity contribution in [2.45, 2.75) is 58.5 Å². The van der Waals surface area contributed by atoms with E-state index in [0.717, 1.165) is 37.9 Å². The number of rotatable bonds is 6. The van der Waals surface area contributed by atoms with Gasteiger partial charge in [0.25, 0.3) is 5.91 Å². The van der Waals surface area contributed by atoms with Crippen LogP contribution in [0.1, 0.15) is 51.6 Å². The molecule has 1 spiro atoms. The summed E-state index contributed by atoms with van der Waals surface area (Å²) in [6, 6.07) is 0. The average molecular weight is 377 g/mol. The predicted molar refractivity (Wildman–Crippen MR) is 102 cm³/mol. The standard InChI is InChI=1S/C20H32N4O3/c1-15(2)11-17(25)19(27)23-9-6-20(7-10-23)5-3-18(26)24(13-20)8-4-16-12-21-14-22-16/h12,14-15,17,25H,3-11,13H2,1-2H3,(H,21,22)/t17-/m1/s1. The molecule has 0 aromatic carbocycles. The van der Waals surface area contributed by atoms with Gasteiger partial charge in [-0.05, 0) is 37.0 Å². The van der Waals surface area contributed by atoms with Crippen molar-refractivity contribution in [2.75, 3.05) is 26.2 Å². The lowest BCUT2D eigenvalue weighted by Gasteiger charge is -2.47. The molecule has 3 heterocycles. The second-order valence-electron chi connectivity index (χ2n) is 8.61. The zero-order valence-electron chi connectivity index (χ0n) is 16.5. The lowest BCUT2D eigenvalue weighted by Crippen LogP contribution is -2.53. The Balaban J connectivity index is 1.53. The highest BCUT2D eigenvalue weighted by atomic mass is 16.3. The van der Waals surface area contributed by atoms with E-state index < -0.39 is 6.10 Å². The topological polar surface area (TPSA) is 89.5 Å². The number of carbonyl (C=O) groups excluding carboxylic acids is 2. The number of hydrogen-bond donors (Lipinski definition) is 2. The Hall–Kier alpha value is -1.89. The van der Waals surface area contributed by atoms with Gasteiger partial charge in [0.05, 0.1) is 6.33 Å².